The zero-order valence-electron chi connectivity index (χ0n) is 18.6. The number of aliphatic carboxylic acids is 1. The summed E-state index contributed by atoms with van der Waals surface area (Å²) >= 11 is 0. The van der Waals surface area contributed by atoms with E-state index in [-0.39, 0.29) is 34.7 Å². The molecule has 0 aromatic rings. The third kappa shape index (κ3) is 2.76. The number of carbonyl (C=O) groups is 2. The topological polar surface area (TPSA) is 63.6 Å². The van der Waals surface area contributed by atoms with Crippen molar-refractivity contribution in [2.24, 2.45) is 39.9 Å². The lowest BCUT2D eigenvalue weighted by atomic mass is 9.40. The lowest BCUT2D eigenvalue weighted by molar-refractivity contribution is -0.197. The van der Waals surface area contributed by atoms with Crippen LogP contribution in [0.25, 0.3) is 0 Å². The van der Waals surface area contributed by atoms with Gasteiger partial charge < -0.3 is 9.84 Å². The molecule has 4 aliphatic carbocycles. The van der Waals surface area contributed by atoms with Crippen molar-refractivity contribution in [2.75, 3.05) is 0 Å². The Kier molecular flexibility index (Phi) is 4.94. The fraction of sp³-hybridized carbons (Fsp3) is 0.840. The molecule has 4 nitrogen and oxygen atoms in total. The molecule has 4 saturated carbocycles. The number of rotatable bonds is 4. The van der Waals surface area contributed by atoms with Gasteiger partial charge in [0.1, 0.15) is 6.10 Å². The fourth-order valence-corrected chi connectivity index (χ4v) is 8.18. The highest BCUT2D eigenvalue weighted by molar-refractivity contribution is 5.75. The summed E-state index contributed by atoms with van der Waals surface area (Å²) in [4.78, 5) is 25.0. The van der Waals surface area contributed by atoms with E-state index in [4.69, 9.17) is 4.74 Å². The maximum Gasteiger partial charge on any atom is 0.309 e. The normalized spacial score (nSPS) is 47.1. The lowest BCUT2D eigenvalue weighted by Gasteiger charge is -2.63. The average Bonchev–Trinajstić information content (AvgIpc) is 2.87. The molecule has 0 radical (unpaired) electrons. The summed E-state index contributed by atoms with van der Waals surface area (Å²) < 4.78 is 6.22. The Hall–Kier alpha value is -1.32. The second kappa shape index (κ2) is 6.85. The van der Waals surface area contributed by atoms with Gasteiger partial charge in [-0.15, -0.1) is 0 Å². The first-order valence-electron chi connectivity index (χ1n) is 11.7. The molecule has 8 atom stereocenters. The molecule has 4 fully saturated rings. The summed E-state index contributed by atoms with van der Waals surface area (Å²) in [6.07, 6.45) is 8.64. The minimum absolute atomic E-state index is 0.000258. The zero-order chi connectivity index (χ0) is 21.2. The van der Waals surface area contributed by atoms with Crippen LogP contribution < -0.4 is 0 Å². The third-order valence-corrected chi connectivity index (χ3v) is 9.92. The molecule has 2 bridgehead atoms. The highest BCUT2D eigenvalue weighted by atomic mass is 16.5. The van der Waals surface area contributed by atoms with Crippen molar-refractivity contribution in [3.8, 4) is 0 Å². The summed E-state index contributed by atoms with van der Waals surface area (Å²) in [6.45, 7) is 12.7. The van der Waals surface area contributed by atoms with E-state index < -0.39 is 11.4 Å². The maximum atomic E-state index is 12.7. The van der Waals surface area contributed by atoms with Gasteiger partial charge in [-0.1, -0.05) is 33.8 Å². The largest absolute Gasteiger partial charge is 0.481 e. The van der Waals surface area contributed by atoms with Crippen LogP contribution in [0.4, 0.5) is 0 Å². The van der Waals surface area contributed by atoms with E-state index in [1.54, 1.807) is 0 Å². The maximum absolute atomic E-state index is 12.7. The van der Waals surface area contributed by atoms with Gasteiger partial charge in [-0.3, -0.25) is 9.59 Å². The monoisotopic (exact) mass is 402 g/mol. The van der Waals surface area contributed by atoms with Crippen molar-refractivity contribution in [3.63, 3.8) is 0 Å². The predicted molar refractivity (Wildman–Crippen MR) is 112 cm³/mol. The number of esters is 1. The number of carboxylic acid groups (broad SMARTS) is 1. The number of carbonyl (C=O) groups excluding carboxylic acids is 1. The predicted octanol–water partition coefficient (Wildman–Crippen LogP) is 5.61. The first-order valence-corrected chi connectivity index (χ1v) is 11.7. The molecule has 4 heteroatoms. The van der Waals surface area contributed by atoms with E-state index in [2.05, 4.69) is 13.5 Å². The minimum atomic E-state index is -0.635. The molecule has 1 N–H and O–H groups in total. The molecule has 162 valence electrons. The average molecular weight is 403 g/mol. The Labute approximate surface area is 175 Å². The van der Waals surface area contributed by atoms with Crippen molar-refractivity contribution in [3.05, 3.63) is 12.2 Å². The van der Waals surface area contributed by atoms with E-state index >= 15 is 0 Å². The number of hydrogen-bond donors (Lipinski definition) is 1. The number of ether oxygens (including phenoxy) is 1. The minimum Gasteiger partial charge on any atom is -0.481 e. The van der Waals surface area contributed by atoms with Crippen LogP contribution in [0.5, 0.6) is 0 Å². The smallest absolute Gasteiger partial charge is 0.309 e. The molecule has 0 heterocycles. The van der Waals surface area contributed by atoms with Crippen molar-refractivity contribution >= 4 is 11.9 Å². The molecule has 0 aromatic carbocycles. The molecule has 1 spiro atoms. The van der Waals surface area contributed by atoms with Crippen molar-refractivity contribution in [1.82, 2.24) is 0 Å². The molecule has 29 heavy (non-hydrogen) atoms. The van der Waals surface area contributed by atoms with Gasteiger partial charge in [0.05, 0.1) is 11.3 Å². The van der Waals surface area contributed by atoms with Gasteiger partial charge in [-0.2, -0.15) is 0 Å². The molecule has 0 aromatic heterocycles. The van der Waals surface area contributed by atoms with Crippen LogP contribution in [0, 0.1) is 39.9 Å². The molecular formula is C25H38O4. The van der Waals surface area contributed by atoms with Gasteiger partial charge in [0.15, 0.2) is 0 Å². The van der Waals surface area contributed by atoms with Gasteiger partial charge >= 0.3 is 11.9 Å². The molecule has 0 saturated heterocycles. The number of carboxylic acids is 1. The summed E-state index contributed by atoms with van der Waals surface area (Å²) in [7, 11) is 0. The fourth-order valence-electron chi connectivity index (χ4n) is 8.18. The van der Waals surface area contributed by atoms with Gasteiger partial charge in [0.2, 0.25) is 0 Å². The summed E-state index contributed by atoms with van der Waals surface area (Å²) in [5.74, 6) is 0.260. The lowest BCUT2D eigenvalue weighted by Crippen LogP contribution is -2.60. The van der Waals surface area contributed by atoms with Crippen molar-refractivity contribution in [2.45, 2.75) is 91.6 Å². The van der Waals surface area contributed by atoms with Crippen LogP contribution in [-0.4, -0.2) is 23.1 Å². The Bertz CT molecular complexity index is 728. The second-order valence-electron chi connectivity index (χ2n) is 11.1. The highest BCUT2D eigenvalue weighted by Crippen LogP contribution is 2.72. The summed E-state index contributed by atoms with van der Waals surface area (Å²) in [5.41, 5.74) is 0.457. The zero-order valence-corrected chi connectivity index (χ0v) is 18.6. The van der Waals surface area contributed by atoms with Crippen LogP contribution in [0.3, 0.4) is 0 Å². The van der Waals surface area contributed by atoms with E-state index in [0.717, 1.165) is 63.4 Å². The van der Waals surface area contributed by atoms with Crippen molar-refractivity contribution < 1.29 is 19.4 Å². The third-order valence-electron chi connectivity index (χ3n) is 9.92. The molecule has 4 rings (SSSR count). The SMILES string of the molecule is C=C1[C@@H]2CC[C@H]3[C@]4(C)CCC[C@@](C)(C(=O)O)[C@H]4CC[C@]3(C2)[C@H]1OC(=O)[C@H](C)CC. The first kappa shape index (κ1) is 20.9. The van der Waals surface area contributed by atoms with Crippen LogP contribution >= 0.6 is 0 Å². The van der Waals surface area contributed by atoms with Crippen LogP contribution in [0.1, 0.15) is 85.5 Å². The number of hydrogen-bond acceptors (Lipinski definition) is 3. The first-order chi connectivity index (χ1) is 13.6. The van der Waals surface area contributed by atoms with E-state index in [1.165, 1.54) is 0 Å². The highest BCUT2D eigenvalue weighted by Gasteiger charge is 2.68. The van der Waals surface area contributed by atoms with Crippen molar-refractivity contribution in [1.29, 1.82) is 0 Å². The molecule has 0 unspecified atom stereocenters. The molecule has 4 aliphatic rings. The quantitative estimate of drug-likeness (QED) is 0.490. The molecule has 0 amide bonds. The van der Waals surface area contributed by atoms with E-state index in [9.17, 15) is 14.7 Å². The van der Waals surface area contributed by atoms with Crippen LogP contribution in [0.2, 0.25) is 0 Å². The van der Waals surface area contributed by atoms with Gasteiger partial charge in [0, 0.05) is 5.41 Å². The Morgan fingerprint density at radius 1 is 1.17 bits per heavy atom. The van der Waals surface area contributed by atoms with Gasteiger partial charge in [0.25, 0.3) is 0 Å². The van der Waals surface area contributed by atoms with E-state index in [1.807, 2.05) is 20.8 Å². The Balaban J connectivity index is 1.71. The summed E-state index contributed by atoms with van der Waals surface area (Å²) in [5, 5.41) is 10.1. The standard InChI is InChI=1S/C25H38O4/c1-6-15(2)21(26)29-20-16(3)17-8-9-19-23(4)11-7-12-24(5,22(27)28)18(23)10-13-25(19,20)14-17/h15,17-20H,3,6-14H2,1-2,4-5H3,(H,27,28)/t15-,17-,18+,19+,20+,23-,24-,25-/m1/s1. The molecule has 0 aliphatic heterocycles. The van der Waals surface area contributed by atoms with Crippen LogP contribution in [-0.2, 0) is 14.3 Å². The summed E-state index contributed by atoms with van der Waals surface area (Å²) in [6, 6.07) is 0. The number of fused-ring (bicyclic) bond motifs is 3. The van der Waals surface area contributed by atoms with Crippen LogP contribution in [0.15, 0.2) is 12.2 Å². The Morgan fingerprint density at radius 3 is 2.55 bits per heavy atom. The van der Waals surface area contributed by atoms with Gasteiger partial charge in [-0.05, 0) is 87.0 Å². The van der Waals surface area contributed by atoms with E-state index in [0.29, 0.717) is 11.8 Å². The Morgan fingerprint density at radius 2 is 1.90 bits per heavy atom. The molecular weight excluding hydrogens is 364 g/mol. The van der Waals surface area contributed by atoms with Gasteiger partial charge in [-0.25, -0.2) is 0 Å². The second-order valence-corrected chi connectivity index (χ2v) is 11.1.